The molecule has 0 bridgehead atoms. The van der Waals surface area contributed by atoms with Crippen LogP contribution in [0.1, 0.15) is 18.4 Å². The van der Waals surface area contributed by atoms with Crippen molar-refractivity contribution >= 4 is 11.8 Å². The predicted octanol–water partition coefficient (Wildman–Crippen LogP) is 1.93. The highest BCUT2D eigenvalue weighted by Crippen LogP contribution is 2.30. The number of aromatic nitrogens is 2. The van der Waals surface area contributed by atoms with Gasteiger partial charge in [0.15, 0.2) is 0 Å². The molecule has 2 heterocycles. The van der Waals surface area contributed by atoms with Gasteiger partial charge in [-0.25, -0.2) is 0 Å². The van der Waals surface area contributed by atoms with Crippen LogP contribution in [0.25, 0.3) is 16.8 Å². The van der Waals surface area contributed by atoms with Gasteiger partial charge in [-0.2, -0.15) is 0 Å². The lowest BCUT2D eigenvalue weighted by atomic mass is 10.0. The molecule has 0 saturated carbocycles. The van der Waals surface area contributed by atoms with Gasteiger partial charge in [0.2, 0.25) is 5.88 Å². The summed E-state index contributed by atoms with van der Waals surface area (Å²) < 4.78 is 5.83. The third-order valence-electron chi connectivity index (χ3n) is 4.16. The zero-order valence-electron chi connectivity index (χ0n) is 13.8. The highest BCUT2D eigenvalue weighted by atomic mass is 16.5. The molecule has 0 unspecified atom stereocenters. The van der Waals surface area contributed by atoms with Gasteiger partial charge in [-0.1, -0.05) is 6.07 Å². The van der Waals surface area contributed by atoms with E-state index in [0.29, 0.717) is 28.3 Å². The zero-order valence-corrected chi connectivity index (χ0v) is 13.8. The average Bonchev–Trinajstić information content (AvgIpc) is 2.65. The maximum absolute atomic E-state index is 10.3. The van der Waals surface area contributed by atoms with Crippen molar-refractivity contribution in [2.75, 3.05) is 13.1 Å². The van der Waals surface area contributed by atoms with E-state index in [9.17, 15) is 5.11 Å². The Hall–Kier alpha value is -2.93. The smallest absolute Gasteiger partial charge is 0.233 e. The first-order chi connectivity index (χ1) is 12.2. The van der Waals surface area contributed by atoms with E-state index in [-0.39, 0.29) is 11.9 Å². The largest absolute Gasteiger partial charge is 0.507 e. The Bertz CT molecular complexity index is 768. The molecule has 0 aliphatic carbocycles. The van der Waals surface area contributed by atoms with Crippen molar-refractivity contribution in [3.8, 4) is 22.9 Å². The zero-order chi connectivity index (χ0) is 17.6. The predicted molar refractivity (Wildman–Crippen MR) is 96.6 cm³/mol. The van der Waals surface area contributed by atoms with Crippen molar-refractivity contribution in [1.82, 2.24) is 15.5 Å². The Morgan fingerprint density at radius 2 is 2.04 bits per heavy atom. The van der Waals surface area contributed by atoms with Crippen LogP contribution in [0.15, 0.2) is 36.5 Å². The molecular formula is C18H21N5O2. The Morgan fingerprint density at radius 3 is 2.64 bits per heavy atom. The van der Waals surface area contributed by atoms with Crippen LogP contribution in [-0.2, 0) is 0 Å². The third kappa shape index (κ3) is 3.95. The molecule has 1 aliphatic heterocycles. The van der Waals surface area contributed by atoms with Gasteiger partial charge in [-0.05, 0) is 49.7 Å². The highest BCUT2D eigenvalue weighted by molar-refractivity contribution is 6.08. The summed E-state index contributed by atoms with van der Waals surface area (Å²) in [4.78, 5) is 0. The van der Waals surface area contributed by atoms with E-state index in [2.05, 4.69) is 15.5 Å². The van der Waals surface area contributed by atoms with Gasteiger partial charge in [-0.15, -0.1) is 10.2 Å². The van der Waals surface area contributed by atoms with Gasteiger partial charge in [0.05, 0.1) is 5.69 Å². The molecule has 1 fully saturated rings. The minimum absolute atomic E-state index is 0.0556. The number of nitrogens with one attached hydrogen (secondary N) is 2. The van der Waals surface area contributed by atoms with Gasteiger partial charge in [0.25, 0.3) is 0 Å². The highest BCUT2D eigenvalue weighted by Gasteiger charge is 2.15. The quantitative estimate of drug-likeness (QED) is 0.618. The summed E-state index contributed by atoms with van der Waals surface area (Å²) in [5, 5.41) is 29.1. The van der Waals surface area contributed by atoms with Gasteiger partial charge in [0, 0.05) is 29.6 Å². The summed E-state index contributed by atoms with van der Waals surface area (Å²) in [6, 6.07) is 8.60. The van der Waals surface area contributed by atoms with Crippen LogP contribution in [0.3, 0.4) is 0 Å². The number of piperidine rings is 1. The summed E-state index contributed by atoms with van der Waals surface area (Å²) in [5.74, 6) is 0.545. The number of aromatic hydroxyl groups is 1. The molecular weight excluding hydrogens is 318 g/mol. The van der Waals surface area contributed by atoms with E-state index in [1.807, 2.05) is 0 Å². The minimum Gasteiger partial charge on any atom is -0.507 e. The SMILES string of the molecule is N=C/C(=C\N)c1ccc(-c2ccc(OC3CCNCC3)nn2)c(O)c1. The topological polar surface area (TPSA) is 117 Å². The maximum Gasteiger partial charge on any atom is 0.233 e. The van der Waals surface area contributed by atoms with Crippen LogP contribution < -0.4 is 15.8 Å². The molecule has 7 nitrogen and oxygen atoms in total. The van der Waals surface area contributed by atoms with Crippen LogP contribution in [0.4, 0.5) is 0 Å². The molecule has 1 aliphatic rings. The lowest BCUT2D eigenvalue weighted by molar-refractivity contribution is 0.154. The molecule has 2 aromatic rings. The van der Waals surface area contributed by atoms with Crippen molar-refractivity contribution < 1.29 is 9.84 Å². The molecule has 1 aromatic carbocycles. The van der Waals surface area contributed by atoms with Crippen molar-refractivity contribution in [2.24, 2.45) is 5.73 Å². The number of ether oxygens (including phenoxy) is 1. The molecule has 0 atom stereocenters. The summed E-state index contributed by atoms with van der Waals surface area (Å²) in [5.41, 5.74) is 7.78. The molecule has 7 heteroatoms. The lowest BCUT2D eigenvalue weighted by Crippen LogP contribution is -2.34. The average molecular weight is 339 g/mol. The first-order valence-corrected chi connectivity index (χ1v) is 8.18. The normalized spacial score (nSPS) is 15.8. The van der Waals surface area contributed by atoms with E-state index in [1.54, 1.807) is 30.3 Å². The number of phenolic OH excluding ortho intramolecular Hbond substituents is 1. The third-order valence-corrected chi connectivity index (χ3v) is 4.16. The van der Waals surface area contributed by atoms with Crippen molar-refractivity contribution in [1.29, 1.82) is 5.41 Å². The van der Waals surface area contributed by atoms with E-state index in [1.165, 1.54) is 6.20 Å². The second-order valence-corrected chi connectivity index (χ2v) is 5.82. The minimum atomic E-state index is 0.0556. The van der Waals surface area contributed by atoms with Crippen LogP contribution in [0, 0.1) is 5.41 Å². The summed E-state index contributed by atoms with van der Waals surface area (Å²) in [6.07, 6.45) is 4.54. The molecule has 3 rings (SSSR count). The number of hydrogen-bond donors (Lipinski definition) is 4. The van der Waals surface area contributed by atoms with Crippen molar-refractivity contribution in [3.05, 3.63) is 42.1 Å². The Kier molecular flexibility index (Phi) is 5.25. The van der Waals surface area contributed by atoms with Crippen LogP contribution in [0.5, 0.6) is 11.6 Å². The number of nitrogens with zero attached hydrogens (tertiary/aromatic N) is 2. The first-order valence-electron chi connectivity index (χ1n) is 8.18. The number of hydrogen-bond acceptors (Lipinski definition) is 7. The standard InChI is InChI=1S/C18H21N5O2/c19-10-13(11-20)12-1-2-15(17(24)9-12)16-3-4-18(23-22-16)25-14-5-7-21-8-6-14/h1-4,9-11,14,19,21,24H,5-8,20H2/b13-11+,19-10?. The molecule has 5 N–H and O–H groups in total. The second kappa shape index (κ2) is 7.76. The summed E-state index contributed by atoms with van der Waals surface area (Å²) >= 11 is 0. The Morgan fingerprint density at radius 1 is 1.24 bits per heavy atom. The van der Waals surface area contributed by atoms with Gasteiger partial charge < -0.3 is 26.3 Å². The van der Waals surface area contributed by atoms with E-state index in [4.69, 9.17) is 15.9 Å². The molecule has 130 valence electrons. The fraction of sp³-hybridized carbons (Fsp3) is 0.278. The number of phenols is 1. The Labute approximate surface area is 146 Å². The molecule has 1 aromatic heterocycles. The number of allylic oxidation sites excluding steroid dienone is 1. The fourth-order valence-corrected chi connectivity index (χ4v) is 2.77. The second-order valence-electron chi connectivity index (χ2n) is 5.82. The lowest BCUT2D eigenvalue weighted by Gasteiger charge is -2.22. The summed E-state index contributed by atoms with van der Waals surface area (Å²) in [6.45, 7) is 1.90. The fourth-order valence-electron chi connectivity index (χ4n) is 2.77. The van der Waals surface area contributed by atoms with Crippen LogP contribution in [-0.4, -0.2) is 40.7 Å². The van der Waals surface area contributed by atoms with Crippen molar-refractivity contribution in [3.63, 3.8) is 0 Å². The molecule has 1 saturated heterocycles. The number of benzene rings is 1. The van der Waals surface area contributed by atoms with E-state index >= 15 is 0 Å². The number of nitrogens with two attached hydrogens (primary N) is 1. The Balaban J connectivity index is 1.76. The molecule has 0 amide bonds. The summed E-state index contributed by atoms with van der Waals surface area (Å²) in [7, 11) is 0. The van der Waals surface area contributed by atoms with Gasteiger partial charge in [0.1, 0.15) is 11.9 Å². The van der Waals surface area contributed by atoms with Crippen LogP contribution in [0.2, 0.25) is 0 Å². The molecule has 0 radical (unpaired) electrons. The van der Waals surface area contributed by atoms with E-state index in [0.717, 1.165) is 32.1 Å². The van der Waals surface area contributed by atoms with E-state index < -0.39 is 0 Å². The maximum atomic E-state index is 10.3. The molecule has 25 heavy (non-hydrogen) atoms. The molecule has 0 spiro atoms. The number of rotatable bonds is 5. The van der Waals surface area contributed by atoms with Crippen LogP contribution >= 0.6 is 0 Å². The monoisotopic (exact) mass is 339 g/mol. The van der Waals surface area contributed by atoms with Gasteiger partial charge in [-0.3, -0.25) is 0 Å². The van der Waals surface area contributed by atoms with Gasteiger partial charge >= 0.3 is 0 Å². The van der Waals surface area contributed by atoms with Crippen molar-refractivity contribution in [2.45, 2.75) is 18.9 Å². The first kappa shape index (κ1) is 16.9.